The van der Waals surface area contributed by atoms with E-state index in [9.17, 15) is 14.9 Å². The fourth-order valence-electron chi connectivity index (χ4n) is 2.38. The first kappa shape index (κ1) is 18.3. The first-order chi connectivity index (χ1) is 12.5. The van der Waals surface area contributed by atoms with Gasteiger partial charge in [-0.25, -0.2) is 9.97 Å². The highest BCUT2D eigenvalue weighted by atomic mass is 32.2. The Morgan fingerprint density at radius 2 is 2.00 bits per heavy atom. The first-order valence-electron chi connectivity index (χ1n) is 7.79. The van der Waals surface area contributed by atoms with Crippen LogP contribution >= 0.6 is 23.1 Å². The van der Waals surface area contributed by atoms with Gasteiger partial charge in [-0.3, -0.25) is 14.9 Å². The molecule has 134 valence electrons. The molecule has 0 unspecified atom stereocenters. The van der Waals surface area contributed by atoms with Gasteiger partial charge in [0.25, 0.3) is 5.69 Å². The minimum atomic E-state index is -0.449. The lowest BCUT2D eigenvalue weighted by molar-refractivity contribution is -0.384. The number of thiophene rings is 1. The van der Waals surface area contributed by atoms with Gasteiger partial charge in [-0.15, -0.1) is 11.3 Å². The van der Waals surface area contributed by atoms with Gasteiger partial charge in [0, 0.05) is 28.9 Å². The van der Waals surface area contributed by atoms with Crippen molar-refractivity contribution in [2.75, 3.05) is 5.75 Å². The molecule has 0 aliphatic heterocycles. The molecule has 1 aromatic carbocycles. The van der Waals surface area contributed by atoms with E-state index in [2.05, 4.69) is 15.3 Å². The second kappa shape index (κ2) is 7.79. The smallest absolute Gasteiger partial charge is 0.269 e. The number of benzene rings is 1. The van der Waals surface area contributed by atoms with Gasteiger partial charge in [0.05, 0.1) is 10.7 Å². The molecule has 3 rings (SSSR count). The molecule has 2 aromatic heterocycles. The lowest BCUT2D eigenvalue weighted by atomic mass is 10.2. The van der Waals surface area contributed by atoms with Crippen molar-refractivity contribution < 1.29 is 9.72 Å². The first-order valence-corrected chi connectivity index (χ1v) is 9.59. The largest absolute Gasteiger partial charge is 0.351 e. The summed E-state index contributed by atoms with van der Waals surface area (Å²) in [6.07, 6.45) is 1.52. The number of nitrogens with one attached hydrogen (secondary N) is 1. The highest BCUT2D eigenvalue weighted by molar-refractivity contribution is 8.00. The fourth-order valence-corrected chi connectivity index (χ4v) is 4.33. The van der Waals surface area contributed by atoms with Gasteiger partial charge in [0.15, 0.2) is 0 Å². The summed E-state index contributed by atoms with van der Waals surface area (Å²) in [5.74, 6) is 0.123. The van der Waals surface area contributed by atoms with Crippen molar-refractivity contribution >= 4 is 44.9 Å². The van der Waals surface area contributed by atoms with Crippen LogP contribution in [0.1, 0.15) is 16.0 Å². The predicted octanol–water partition coefficient (Wildman–Crippen LogP) is 3.62. The van der Waals surface area contributed by atoms with Crippen molar-refractivity contribution in [3.05, 3.63) is 56.7 Å². The normalized spacial score (nSPS) is 10.8. The van der Waals surface area contributed by atoms with Gasteiger partial charge in [0.2, 0.25) is 5.91 Å². The van der Waals surface area contributed by atoms with Crippen LogP contribution in [-0.2, 0) is 11.3 Å². The topological polar surface area (TPSA) is 98.0 Å². The van der Waals surface area contributed by atoms with Gasteiger partial charge >= 0.3 is 0 Å². The van der Waals surface area contributed by atoms with Crippen molar-refractivity contribution in [2.45, 2.75) is 25.4 Å². The zero-order valence-corrected chi connectivity index (χ0v) is 15.8. The van der Waals surface area contributed by atoms with Gasteiger partial charge in [-0.1, -0.05) is 23.9 Å². The van der Waals surface area contributed by atoms with Crippen molar-refractivity contribution in [2.24, 2.45) is 0 Å². The molecule has 1 amide bonds. The number of carbonyl (C=O) groups is 1. The number of hydrogen-bond acceptors (Lipinski definition) is 7. The number of fused-ring (bicyclic) bond motifs is 1. The lowest BCUT2D eigenvalue weighted by Crippen LogP contribution is -2.24. The maximum absolute atomic E-state index is 12.1. The summed E-state index contributed by atoms with van der Waals surface area (Å²) >= 11 is 3.01. The van der Waals surface area contributed by atoms with E-state index in [1.165, 1.54) is 35.1 Å². The number of carbonyl (C=O) groups excluding carboxylic acids is 1. The Morgan fingerprint density at radius 1 is 1.27 bits per heavy atom. The van der Waals surface area contributed by atoms with E-state index in [4.69, 9.17) is 0 Å². The van der Waals surface area contributed by atoms with Crippen LogP contribution in [0.4, 0.5) is 5.69 Å². The summed E-state index contributed by atoms with van der Waals surface area (Å²) in [5.41, 5.74) is 1.99. The maximum atomic E-state index is 12.1. The highest BCUT2D eigenvalue weighted by Gasteiger charge is 2.13. The van der Waals surface area contributed by atoms with Gasteiger partial charge in [0.1, 0.15) is 16.2 Å². The van der Waals surface area contributed by atoms with Crippen LogP contribution < -0.4 is 5.32 Å². The van der Waals surface area contributed by atoms with Crippen LogP contribution in [0, 0.1) is 24.0 Å². The molecule has 0 radical (unpaired) electrons. The summed E-state index contributed by atoms with van der Waals surface area (Å²) in [5, 5.41) is 15.3. The maximum Gasteiger partial charge on any atom is 0.269 e. The predicted molar refractivity (Wildman–Crippen MR) is 103 cm³/mol. The van der Waals surface area contributed by atoms with Crippen LogP contribution in [-0.4, -0.2) is 26.6 Å². The minimum Gasteiger partial charge on any atom is -0.351 e. The number of hydrogen-bond donors (Lipinski definition) is 1. The molecule has 3 aromatic rings. The number of nitro groups is 1. The molecule has 1 N–H and O–H groups in total. The van der Waals surface area contributed by atoms with Gasteiger partial charge in [-0.2, -0.15) is 0 Å². The van der Waals surface area contributed by atoms with Crippen LogP contribution in [0.3, 0.4) is 0 Å². The van der Waals surface area contributed by atoms with Crippen molar-refractivity contribution in [1.29, 1.82) is 0 Å². The van der Waals surface area contributed by atoms with Gasteiger partial charge < -0.3 is 5.32 Å². The number of aromatic nitrogens is 2. The number of nitrogens with zero attached hydrogens (tertiary/aromatic N) is 3. The molecular weight excluding hydrogens is 372 g/mol. The van der Waals surface area contributed by atoms with E-state index in [0.717, 1.165) is 26.4 Å². The van der Waals surface area contributed by atoms with E-state index >= 15 is 0 Å². The molecule has 7 nitrogen and oxygen atoms in total. The van der Waals surface area contributed by atoms with E-state index in [0.29, 0.717) is 6.54 Å². The van der Waals surface area contributed by atoms with Crippen LogP contribution in [0.5, 0.6) is 0 Å². The van der Waals surface area contributed by atoms with Crippen molar-refractivity contribution in [3.8, 4) is 0 Å². The minimum absolute atomic E-state index is 0.0323. The second-order valence-corrected chi connectivity index (χ2v) is 7.80. The Labute approximate surface area is 158 Å². The molecule has 0 aliphatic carbocycles. The number of rotatable bonds is 6. The average molecular weight is 388 g/mol. The summed E-state index contributed by atoms with van der Waals surface area (Å²) in [6.45, 7) is 4.41. The molecule has 0 atom stereocenters. The number of non-ortho nitro benzene ring substituents is 1. The highest BCUT2D eigenvalue weighted by Crippen LogP contribution is 2.34. The third kappa shape index (κ3) is 4.00. The van der Waals surface area contributed by atoms with E-state index in [1.54, 1.807) is 23.5 Å². The fraction of sp³-hybridized carbons (Fsp3) is 0.235. The Balaban J connectivity index is 1.58. The third-order valence-electron chi connectivity index (χ3n) is 3.91. The van der Waals surface area contributed by atoms with Crippen LogP contribution in [0.25, 0.3) is 10.2 Å². The lowest BCUT2D eigenvalue weighted by Gasteiger charge is -2.06. The third-order valence-corrected chi connectivity index (χ3v) is 6.01. The molecule has 0 saturated carbocycles. The molecular formula is C17H16N4O3S2. The van der Waals surface area contributed by atoms with E-state index < -0.39 is 4.92 Å². The summed E-state index contributed by atoms with van der Waals surface area (Å²) in [7, 11) is 0. The summed E-state index contributed by atoms with van der Waals surface area (Å²) < 4.78 is 0. The molecule has 0 fully saturated rings. The Bertz CT molecular complexity index is 970. The number of thioether (sulfide) groups is 1. The van der Waals surface area contributed by atoms with Crippen LogP contribution in [0.15, 0.2) is 35.6 Å². The number of nitro benzene ring substituents is 1. The van der Waals surface area contributed by atoms with Crippen molar-refractivity contribution in [1.82, 2.24) is 15.3 Å². The van der Waals surface area contributed by atoms with E-state index in [-0.39, 0.29) is 17.3 Å². The van der Waals surface area contributed by atoms with E-state index in [1.807, 2.05) is 13.8 Å². The average Bonchev–Trinajstić information content (AvgIpc) is 2.93. The summed E-state index contributed by atoms with van der Waals surface area (Å²) in [4.78, 5) is 33.0. The molecule has 0 spiro atoms. The Hall–Kier alpha value is -2.52. The molecule has 0 saturated heterocycles. The monoisotopic (exact) mass is 388 g/mol. The van der Waals surface area contributed by atoms with Crippen molar-refractivity contribution in [3.63, 3.8) is 0 Å². The molecule has 2 heterocycles. The van der Waals surface area contributed by atoms with Crippen LogP contribution in [0.2, 0.25) is 0 Å². The summed E-state index contributed by atoms with van der Waals surface area (Å²) in [6, 6.07) is 6.12. The number of amides is 1. The molecule has 26 heavy (non-hydrogen) atoms. The molecule has 0 aliphatic rings. The second-order valence-electron chi connectivity index (χ2n) is 5.63. The quantitative estimate of drug-likeness (QED) is 0.300. The molecule has 9 heteroatoms. The molecule has 0 bridgehead atoms. The zero-order chi connectivity index (χ0) is 18.7. The number of aryl methyl sites for hydroxylation is 2. The van der Waals surface area contributed by atoms with Gasteiger partial charge in [-0.05, 0) is 25.0 Å². The standard InChI is InChI=1S/C17H16N4O3S2/c1-10-11(2)26-17-15(10)16(19-9-20-17)25-8-14(22)18-7-12-3-5-13(6-4-12)21(23)24/h3-6,9H,7-8H2,1-2H3,(H,18,22). The SMILES string of the molecule is Cc1sc2ncnc(SCC(=O)NCc3ccc([N+](=O)[O-])cc3)c2c1C. The Kier molecular flexibility index (Phi) is 5.48. The zero-order valence-electron chi connectivity index (χ0n) is 14.2. The Morgan fingerprint density at radius 3 is 2.69 bits per heavy atom.